The van der Waals surface area contributed by atoms with E-state index < -0.39 is 11.9 Å². The van der Waals surface area contributed by atoms with Crippen molar-refractivity contribution in [3.8, 4) is 0 Å². The van der Waals surface area contributed by atoms with Gasteiger partial charge < -0.3 is 14.6 Å². The predicted octanol–water partition coefficient (Wildman–Crippen LogP) is 0.995. The van der Waals surface area contributed by atoms with Crippen LogP contribution in [0.25, 0.3) is 17.0 Å². The van der Waals surface area contributed by atoms with Gasteiger partial charge in [-0.05, 0) is 12.1 Å². The molecule has 0 aliphatic carbocycles. The summed E-state index contributed by atoms with van der Waals surface area (Å²) >= 11 is 0. The van der Waals surface area contributed by atoms with Gasteiger partial charge in [0.15, 0.2) is 0 Å². The van der Waals surface area contributed by atoms with Crippen molar-refractivity contribution in [1.82, 2.24) is 15.2 Å². The summed E-state index contributed by atoms with van der Waals surface area (Å²) in [7, 11) is 1.33. The minimum atomic E-state index is -0.547. The van der Waals surface area contributed by atoms with Gasteiger partial charge in [-0.1, -0.05) is 18.2 Å². The Balaban J connectivity index is 2.07. The van der Waals surface area contributed by atoms with E-state index in [-0.39, 0.29) is 18.2 Å². The maximum atomic E-state index is 11.6. The zero-order chi connectivity index (χ0) is 15.7. The summed E-state index contributed by atoms with van der Waals surface area (Å²) in [6.45, 7) is 0.0682. The molecular weight excluding hydrogens is 286 g/mol. The van der Waals surface area contributed by atoms with Gasteiger partial charge in [0.2, 0.25) is 0 Å². The van der Waals surface area contributed by atoms with Crippen LogP contribution in [-0.4, -0.2) is 29.6 Å². The van der Waals surface area contributed by atoms with Crippen molar-refractivity contribution in [3.63, 3.8) is 0 Å². The fraction of sp³-hybridized carbons (Fsp3) is 0.133. The number of urea groups is 1. The van der Waals surface area contributed by atoms with Crippen molar-refractivity contribution in [1.29, 1.82) is 0 Å². The molecule has 112 valence electrons. The Hall–Kier alpha value is -3.09. The number of para-hydroxylation sites is 1. The number of aromatic nitrogens is 1. The summed E-state index contributed by atoms with van der Waals surface area (Å²) in [6, 6.07) is 6.92. The number of amides is 3. The molecule has 1 aromatic heterocycles. The molecular formula is C15H13N3O4. The maximum absolute atomic E-state index is 11.6. The van der Waals surface area contributed by atoms with Crippen LogP contribution in [0.2, 0.25) is 0 Å². The first kappa shape index (κ1) is 13.9. The van der Waals surface area contributed by atoms with Crippen molar-refractivity contribution >= 4 is 34.9 Å². The molecule has 3 amide bonds. The zero-order valence-electron chi connectivity index (χ0n) is 11.8. The highest BCUT2D eigenvalue weighted by Gasteiger charge is 2.23. The van der Waals surface area contributed by atoms with Gasteiger partial charge in [0.1, 0.15) is 12.2 Å². The number of methoxy groups -OCH3 is 1. The molecule has 1 fully saturated rings. The van der Waals surface area contributed by atoms with Crippen LogP contribution in [0.15, 0.2) is 36.2 Å². The number of carbonyl (C=O) groups is 3. The quantitative estimate of drug-likeness (QED) is 0.502. The number of ether oxygens (including phenoxy) is 1. The van der Waals surface area contributed by atoms with E-state index in [0.29, 0.717) is 0 Å². The molecule has 22 heavy (non-hydrogen) atoms. The molecule has 0 bridgehead atoms. The molecule has 0 unspecified atom stereocenters. The molecule has 0 radical (unpaired) electrons. The number of benzene rings is 1. The van der Waals surface area contributed by atoms with Crippen molar-refractivity contribution in [2.24, 2.45) is 0 Å². The number of carbonyl (C=O) groups excluding carboxylic acids is 3. The molecule has 1 aliphatic heterocycles. The average molecular weight is 299 g/mol. The van der Waals surface area contributed by atoms with Gasteiger partial charge in [0.05, 0.1) is 7.11 Å². The Labute approximate surface area is 125 Å². The number of rotatable bonds is 3. The van der Waals surface area contributed by atoms with Crippen LogP contribution in [0.4, 0.5) is 4.79 Å². The Morgan fingerprint density at radius 1 is 1.27 bits per heavy atom. The molecule has 2 N–H and O–H groups in total. The molecule has 2 aromatic rings. The summed E-state index contributed by atoms with van der Waals surface area (Å²) in [5, 5.41) is 5.45. The molecule has 3 rings (SSSR count). The lowest BCUT2D eigenvalue weighted by atomic mass is 10.1. The number of fused-ring (bicyclic) bond motifs is 1. The molecule has 7 nitrogen and oxygen atoms in total. The average Bonchev–Trinajstić information content (AvgIpc) is 3.00. The van der Waals surface area contributed by atoms with E-state index in [1.165, 1.54) is 7.11 Å². The van der Waals surface area contributed by atoms with E-state index in [1.807, 2.05) is 24.3 Å². The first-order chi connectivity index (χ1) is 10.6. The van der Waals surface area contributed by atoms with Crippen LogP contribution >= 0.6 is 0 Å². The highest BCUT2D eigenvalue weighted by molar-refractivity contribution is 6.14. The molecule has 0 spiro atoms. The van der Waals surface area contributed by atoms with Crippen LogP contribution < -0.4 is 10.6 Å². The third kappa shape index (κ3) is 2.44. The SMILES string of the molecule is COC(=O)Cn1cc(/C=C2/NC(=O)NC2=O)c2ccccc21. The number of hydrogen-bond acceptors (Lipinski definition) is 4. The van der Waals surface area contributed by atoms with Gasteiger partial charge in [-0.15, -0.1) is 0 Å². The highest BCUT2D eigenvalue weighted by atomic mass is 16.5. The Bertz CT molecular complexity index is 819. The number of nitrogens with zero attached hydrogens (tertiary/aromatic N) is 1. The molecule has 0 atom stereocenters. The number of imide groups is 1. The Morgan fingerprint density at radius 3 is 2.73 bits per heavy atom. The fourth-order valence-corrected chi connectivity index (χ4v) is 2.36. The van der Waals surface area contributed by atoms with Gasteiger partial charge in [-0.3, -0.25) is 14.9 Å². The molecule has 0 saturated carbocycles. The van der Waals surface area contributed by atoms with E-state index >= 15 is 0 Å². The second kappa shape index (κ2) is 5.36. The summed E-state index contributed by atoms with van der Waals surface area (Å²) in [4.78, 5) is 34.3. The van der Waals surface area contributed by atoms with Crippen LogP contribution in [0.1, 0.15) is 5.56 Å². The topological polar surface area (TPSA) is 89.4 Å². The summed E-state index contributed by atoms with van der Waals surface area (Å²) in [6.07, 6.45) is 3.32. The van der Waals surface area contributed by atoms with E-state index in [2.05, 4.69) is 15.4 Å². The second-order valence-electron chi connectivity index (χ2n) is 4.77. The molecule has 7 heteroatoms. The minimum absolute atomic E-state index is 0.0682. The van der Waals surface area contributed by atoms with Gasteiger partial charge in [0.25, 0.3) is 5.91 Å². The van der Waals surface area contributed by atoms with Crippen LogP contribution in [0.3, 0.4) is 0 Å². The number of esters is 1. The van der Waals surface area contributed by atoms with E-state index in [9.17, 15) is 14.4 Å². The highest BCUT2D eigenvalue weighted by Crippen LogP contribution is 2.23. The van der Waals surface area contributed by atoms with E-state index in [0.717, 1.165) is 16.5 Å². The second-order valence-corrected chi connectivity index (χ2v) is 4.77. The summed E-state index contributed by atoms with van der Waals surface area (Å²) in [5.74, 6) is -0.846. The zero-order valence-corrected chi connectivity index (χ0v) is 11.8. The molecule has 1 saturated heterocycles. The van der Waals surface area contributed by atoms with Crippen LogP contribution in [0, 0.1) is 0 Å². The fourth-order valence-electron chi connectivity index (χ4n) is 2.36. The predicted molar refractivity (Wildman–Crippen MR) is 78.6 cm³/mol. The van der Waals surface area contributed by atoms with Crippen LogP contribution in [0.5, 0.6) is 0 Å². The van der Waals surface area contributed by atoms with Gasteiger partial charge in [-0.2, -0.15) is 0 Å². The van der Waals surface area contributed by atoms with Crippen molar-refractivity contribution in [2.75, 3.05) is 7.11 Å². The lowest BCUT2D eigenvalue weighted by Crippen LogP contribution is -2.22. The molecule has 1 aromatic carbocycles. The van der Waals surface area contributed by atoms with E-state index in [4.69, 9.17) is 0 Å². The Morgan fingerprint density at radius 2 is 2.05 bits per heavy atom. The molecule has 1 aliphatic rings. The summed E-state index contributed by atoms with van der Waals surface area (Å²) < 4.78 is 6.42. The third-order valence-corrected chi connectivity index (χ3v) is 3.37. The smallest absolute Gasteiger partial charge is 0.326 e. The normalized spacial score (nSPS) is 16.0. The summed E-state index contributed by atoms with van der Waals surface area (Å²) in [5.41, 5.74) is 1.74. The first-order valence-corrected chi connectivity index (χ1v) is 6.57. The third-order valence-electron chi connectivity index (χ3n) is 3.37. The number of hydrogen-bond donors (Lipinski definition) is 2. The van der Waals surface area contributed by atoms with E-state index in [1.54, 1.807) is 16.8 Å². The Kier molecular flexibility index (Phi) is 3.38. The standard InChI is InChI=1S/C15H13N3O4/c1-22-13(19)8-18-7-9(10-4-2-3-5-12(10)18)6-11-14(20)17-15(21)16-11/h2-7H,8H2,1H3,(H2,16,17,20,21)/b11-6+. The number of nitrogens with one attached hydrogen (secondary N) is 2. The maximum Gasteiger partial charge on any atom is 0.326 e. The van der Waals surface area contributed by atoms with Crippen molar-refractivity contribution in [2.45, 2.75) is 6.54 Å². The van der Waals surface area contributed by atoms with Crippen LogP contribution in [-0.2, 0) is 20.9 Å². The lowest BCUT2D eigenvalue weighted by molar-refractivity contribution is -0.141. The van der Waals surface area contributed by atoms with Gasteiger partial charge >= 0.3 is 12.0 Å². The van der Waals surface area contributed by atoms with Crippen molar-refractivity contribution < 1.29 is 19.1 Å². The first-order valence-electron chi connectivity index (χ1n) is 6.57. The van der Waals surface area contributed by atoms with Crippen molar-refractivity contribution in [3.05, 3.63) is 41.7 Å². The lowest BCUT2D eigenvalue weighted by Gasteiger charge is -2.02. The van der Waals surface area contributed by atoms with Gasteiger partial charge in [-0.25, -0.2) is 4.79 Å². The minimum Gasteiger partial charge on any atom is -0.468 e. The largest absolute Gasteiger partial charge is 0.468 e. The molecule has 2 heterocycles. The monoisotopic (exact) mass is 299 g/mol. The van der Waals surface area contributed by atoms with Gasteiger partial charge in [0, 0.05) is 22.7 Å².